The molecule has 0 fully saturated rings. The number of ether oxygens (including phenoxy) is 2. The molecule has 0 spiro atoms. The summed E-state index contributed by atoms with van der Waals surface area (Å²) in [6.07, 6.45) is 0. The van der Waals surface area contributed by atoms with Gasteiger partial charge in [0.1, 0.15) is 5.75 Å². The third-order valence-corrected chi connectivity index (χ3v) is 3.89. The van der Waals surface area contributed by atoms with Gasteiger partial charge in [0.2, 0.25) is 0 Å². The molecule has 28 heavy (non-hydrogen) atoms. The van der Waals surface area contributed by atoms with Crippen LogP contribution in [0.4, 0.5) is 11.4 Å². The lowest BCUT2D eigenvalue weighted by molar-refractivity contribution is -0.862. The fourth-order valence-electron chi connectivity index (χ4n) is 2.50. The second-order valence-corrected chi connectivity index (χ2v) is 6.20. The Balaban J connectivity index is 1.79. The maximum Gasteiger partial charge on any atom is 0.337 e. The van der Waals surface area contributed by atoms with Crippen molar-refractivity contribution in [3.8, 4) is 5.75 Å². The van der Waals surface area contributed by atoms with Crippen LogP contribution in [0.2, 0.25) is 0 Å². The van der Waals surface area contributed by atoms with Crippen LogP contribution >= 0.6 is 0 Å². The number of benzene rings is 2. The summed E-state index contributed by atoms with van der Waals surface area (Å²) in [5.41, 5.74) is 1.63. The lowest BCUT2D eigenvalue weighted by Crippen LogP contribution is -3.11. The third kappa shape index (κ3) is 6.40. The van der Waals surface area contributed by atoms with Gasteiger partial charge < -0.3 is 25.0 Å². The Bertz CT molecular complexity index is 819. The van der Waals surface area contributed by atoms with Crippen LogP contribution in [0.3, 0.4) is 0 Å². The van der Waals surface area contributed by atoms with Gasteiger partial charge in [0.15, 0.2) is 13.1 Å². The van der Waals surface area contributed by atoms with Gasteiger partial charge >= 0.3 is 5.97 Å². The number of rotatable bonds is 8. The molecule has 0 aliphatic rings. The van der Waals surface area contributed by atoms with Crippen molar-refractivity contribution in [3.05, 3.63) is 54.1 Å². The Hall–Kier alpha value is -3.39. The predicted molar refractivity (Wildman–Crippen MR) is 105 cm³/mol. The Morgan fingerprint density at radius 1 is 0.821 bits per heavy atom. The first-order valence-corrected chi connectivity index (χ1v) is 8.64. The van der Waals surface area contributed by atoms with Crippen molar-refractivity contribution in [2.75, 3.05) is 45.0 Å². The van der Waals surface area contributed by atoms with E-state index in [1.165, 1.54) is 7.11 Å². The summed E-state index contributed by atoms with van der Waals surface area (Å²) in [6.45, 7) is 0.259. The molecule has 2 aromatic carbocycles. The Kier molecular flexibility index (Phi) is 7.53. The topological polar surface area (TPSA) is 98.2 Å². The molecule has 1 atom stereocenters. The van der Waals surface area contributed by atoms with E-state index in [0.717, 1.165) is 4.90 Å². The van der Waals surface area contributed by atoms with E-state index >= 15 is 0 Å². The quantitative estimate of drug-likeness (QED) is 0.577. The summed E-state index contributed by atoms with van der Waals surface area (Å²) in [5.74, 6) is -0.166. The van der Waals surface area contributed by atoms with E-state index in [-0.39, 0.29) is 24.9 Å². The van der Waals surface area contributed by atoms with Crippen molar-refractivity contribution in [1.82, 2.24) is 0 Å². The molecule has 0 aliphatic heterocycles. The van der Waals surface area contributed by atoms with Crippen molar-refractivity contribution >= 4 is 29.2 Å². The van der Waals surface area contributed by atoms with Crippen LogP contribution in [0.1, 0.15) is 10.4 Å². The molecular formula is C20H24N3O5+. The van der Waals surface area contributed by atoms with Crippen LogP contribution in [-0.2, 0) is 14.3 Å². The van der Waals surface area contributed by atoms with Crippen LogP contribution in [0.5, 0.6) is 5.75 Å². The number of anilines is 2. The highest BCUT2D eigenvalue weighted by Gasteiger charge is 2.15. The van der Waals surface area contributed by atoms with Crippen LogP contribution in [0.15, 0.2) is 48.5 Å². The van der Waals surface area contributed by atoms with Crippen molar-refractivity contribution in [2.24, 2.45) is 0 Å². The first kappa shape index (κ1) is 20.9. The molecule has 0 radical (unpaired) electrons. The molecule has 2 amide bonds. The summed E-state index contributed by atoms with van der Waals surface area (Å²) in [4.78, 5) is 36.4. The third-order valence-electron chi connectivity index (χ3n) is 3.89. The minimum atomic E-state index is -0.440. The van der Waals surface area contributed by atoms with E-state index in [9.17, 15) is 14.4 Å². The van der Waals surface area contributed by atoms with Crippen molar-refractivity contribution in [3.63, 3.8) is 0 Å². The van der Waals surface area contributed by atoms with Crippen LogP contribution in [0.25, 0.3) is 0 Å². The van der Waals surface area contributed by atoms with E-state index in [0.29, 0.717) is 22.7 Å². The number of methoxy groups -OCH3 is 2. The Morgan fingerprint density at radius 2 is 1.29 bits per heavy atom. The maximum absolute atomic E-state index is 12.1. The lowest BCUT2D eigenvalue weighted by Gasteiger charge is -2.14. The number of amides is 2. The Morgan fingerprint density at radius 3 is 1.71 bits per heavy atom. The molecule has 0 heterocycles. The van der Waals surface area contributed by atoms with Crippen LogP contribution in [-0.4, -0.2) is 52.1 Å². The Labute approximate surface area is 163 Å². The molecule has 8 heteroatoms. The molecule has 148 valence electrons. The van der Waals surface area contributed by atoms with E-state index < -0.39 is 5.97 Å². The predicted octanol–water partition coefficient (Wildman–Crippen LogP) is 0.574. The second kappa shape index (κ2) is 10.1. The average molecular weight is 386 g/mol. The molecule has 0 aliphatic carbocycles. The summed E-state index contributed by atoms with van der Waals surface area (Å²) in [7, 11) is 4.64. The van der Waals surface area contributed by atoms with Crippen LogP contribution in [0, 0.1) is 0 Å². The van der Waals surface area contributed by atoms with Gasteiger partial charge in [-0.05, 0) is 48.5 Å². The fraction of sp³-hybridized carbons (Fsp3) is 0.250. The molecule has 0 saturated carbocycles. The van der Waals surface area contributed by atoms with Gasteiger partial charge in [-0.3, -0.25) is 9.59 Å². The van der Waals surface area contributed by atoms with Gasteiger partial charge in [0, 0.05) is 11.4 Å². The first-order chi connectivity index (χ1) is 13.4. The molecule has 0 aromatic heterocycles. The summed E-state index contributed by atoms with van der Waals surface area (Å²) >= 11 is 0. The molecule has 2 rings (SSSR count). The van der Waals surface area contributed by atoms with E-state index in [1.807, 2.05) is 0 Å². The number of quaternary nitrogens is 1. The number of nitrogens with one attached hydrogen (secondary N) is 3. The van der Waals surface area contributed by atoms with Gasteiger partial charge in [-0.1, -0.05) is 0 Å². The highest BCUT2D eigenvalue weighted by atomic mass is 16.5. The summed E-state index contributed by atoms with van der Waals surface area (Å²) in [6, 6.07) is 13.4. The van der Waals surface area contributed by atoms with Crippen molar-refractivity contribution < 1.29 is 28.8 Å². The molecule has 1 unspecified atom stereocenters. The number of hydrogen-bond acceptors (Lipinski definition) is 5. The smallest absolute Gasteiger partial charge is 0.337 e. The van der Waals surface area contributed by atoms with Gasteiger partial charge in [-0.15, -0.1) is 0 Å². The van der Waals surface area contributed by atoms with E-state index in [1.54, 1.807) is 62.7 Å². The van der Waals surface area contributed by atoms with Crippen molar-refractivity contribution in [1.29, 1.82) is 0 Å². The normalized spacial score (nSPS) is 11.2. The highest BCUT2D eigenvalue weighted by molar-refractivity contribution is 5.94. The van der Waals surface area contributed by atoms with E-state index in [2.05, 4.69) is 15.4 Å². The fourth-order valence-corrected chi connectivity index (χ4v) is 2.50. The van der Waals surface area contributed by atoms with E-state index in [4.69, 9.17) is 4.74 Å². The van der Waals surface area contributed by atoms with Gasteiger partial charge in [-0.25, -0.2) is 4.79 Å². The highest BCUT2D eigenvalue weighted by Crippen LogP contribution is 2.14. The number of carbonyl (C=O) groups excluding carboxylic acids is 3. The maximum atomic E-state index is 12.1. The molecule has 8 nitrogen and oxygen atoms in total. The van der Waals surface area contributed by atoms with Crippen molar-refractivity contribution in [2.45, 2.75) is 0 Å². The zero-order valence-corrected chi connectivity index (χ0v) is 16.1. The van der Waals surface area contributed by atoms with Gasteiger partial charge in [0.25, 0.3) is 11.8 Å². The standard InChI is InChI=1S/C20H23N3O5/c1-23(13-19(25)22-16-8-10-17(27-2)11-9-16)12-18(24)21-15-6-4-14(5-7-15)20(26)28-3/h4-11H,12-13H2,1-3H3,(H,21,24)(H,22,25)/p+1. The molecule has 3 N–H and O–H groups in total. The SMILES string of the molecule is COC(=O)c1ccc(NC(=O)C[NH+](C)CC(=O)Nc2ccc(OC)cc2)cc1. The monoisotopic (exact) mass is 386 g/mol. The van der Waals surface area contributed by atoms with Crippen LogP contribution < -0.4 is 20.3 Å². The van der Waals surface area contributed by atoms with Gasteiger partial charge in [-0.2, -0.15) is 0 Å². The number of hydrogen-bond donors (Lipinski definition) is 3. The van der Waals surface area contributed by atoms with Gasteiger partial charge in [0.05, 0.1) is 26.8 Å². The minimum Gasteiger partial charge on any atom is -0.497 e. The number of carbonyl (C=O) groups is 3. The minimum absolute atomic E-state index is 0.120. The zero-order chi connectivity index (χ0) is 20.5. The lowest BCUT2D eigenvalue weighted by atomic mass is 10.2. The first-order valence-electron chi connectivity index (χ1n) is 8.64. The zero-order valence-electron chi connectivity index (χ0n) is 16.1. The average Bonchev–Trinajstić information content (AvgIpc) is 2.68. The molecular weight excluding hydrogens is 362 g/mol. The number of esters is 1. The number of likely N-dealkylation sites (N-methyl/N-ethyl adjacent to an activating group) is 1. The second-order valence-electron chi connectivity index (χ2n) is 6.20. The molecule has 2 aromatic rings. The largest absolute Gasteiger partial charge is 0.497 e. The molecule has 0 bridgehead atoms. The summed E-state index contributed by atoms with van der Waals surface area (Å²) < 4.78 is 9.70. The summed E-state index contributed by atoms with van der Waals surface area (Å²) in [5, 5.41) is 5.51. The molecule has 0 saturated heterocycles.